The predicted octanol–water partition coefficient (Wildman–Crippen LogP) is 4.26. The molecular formula is C18H24N2O2. The van der Waals surface area contributed by atoms with Gasteiger partial charge in [-0.1, -0.05) is 12.1 Å². The van der Waals surface area contributed by atoms with Gasteiger partial charge in [0.15, 0.2) is 0 Å². The van der Waals surface area contributed by atoms with Crippen molar-refractivity contribution in [3.05, 3.63) is 35.5 Å². The molecule has 4 nitrogen and oxygen atoms in total. The Kier molecular flexibility index (Phi) is 3.42. The van der Waals surface area contributed by atoms with Crippen LogP contribution in [0.5, 0.6) is 0 Å². The fraction of sp³-hybridized carbons (Fsp3) is 0.500. The minimum Gasteiger partial charge on any atom is -0.444 e. The summed E-state index contributed by atoms with van der Waals surface area (Å²) in [5, 5.41) is 1.23. The highest BCUT2D eigenvalue weighted by molar-refractivity contribution is 5.82. The molecule has 0 N–H and O–H groups in total. The summed E-state index contributed by atoms with van der Waals surface area (Å²) in [6.07, 6.45) is -0.230. The maximum atomic E-state index is 12.3. The van der Waals surface area contributed by atoms with Crippen LogP contribution in [-0.2, 0) is 11.3 Å². The van der Waals surface area contributed by atoms with Crippen LogP contribution in [0.1, 0.15) is 45.0 Å². The highest BCUT2D eigenvalue weighted by Gasteiger charge is 2.29. The van der Waals surface area contributed by atoms with E-state index in [1.165, 1.54) is 22.2 Å². The summed E-state index contributed by atoms with van der Waals surface area (Å²) >= 11 is 0. The van der Waals surface area contributed by atoms with E-state index >= 15 is 0 Å². The van der Waals surface area contributed by atoms with Gasteiger partial charge in [0.1, 0.15) is 5.60 Å². The van der Waals surface area contributed by atoms with E-state index in [0.717, 1.165) is 0 Å². The number of benzene rings is 1. The molecule has 1 aliphatic rings. The molecule has 0 saturated heterocycles. The Morgan fingerprint density at radius 3 is 2.68 bits per heavy atom. The SMILES string of the molecule is Cc1ccc2cc3n(c2c1)[C@H](C)CN(C(=O)OC(C)(C)C)C3. The van der Waals surface area contributed by atoms with Crippen LogP contribution < -0.4 is 0 Å². The Labute approximate surface area is 131 Å². The van der Waals surface area contributed by atoms with Crippen LogP contribution in [0.3, 0.4) is 0 Å². The number of aromatic nitrogens is 1. The van der Waals surface area contributed by atoms with Gasteiger partial charge in [-0.3, -0.25) is 0 Å². The van der Waals surface area contributed by atoms with Gasteiger partial charge in [0, 0.05) is 23.8 Å². The van der Waals surface area contributed by atoms with Gasteiger partial charge in [0.2, 0.25) is 0 Å². The number of carbonyl (C=O) groups excluding carboxylic acids is 1. The summed E-state index contributed by atoms with van der Waals surface area (Å²) in [7, 11) is 0. The second-order valence-electron chi connectivity index (χ2n) is 7.28. The van der Waals surface area contributed by atoms with Gasteiger partial charge in [-0.05, 0) is 57.7 Å². The molecule has 0 bridgehead atoms. The fourth-order valence-corrected chi connectivity index (χ4v) is 3.16. The monoisotopic (exact) mass is 300 g/mol. The van der Waals surface area contributed by atoms with Crippen molar-refractivity contribution in [2.45, 2.75) is 52.8 Å². The van der Waals surface area contributed by atoms with E-state index in [2.05, 4.69) is 42.7 Å². The summed E-state index contributed by atoms with van der Waals surface area (Å²) < 4.78 is 7.86. The van der Waals surface area contributed by atoms with Crippen molar-refractivity contribution in [2.24, 2.45) is 0 Å². The molecule has 4 heteroatoms. The quantitative estimate of drug-likeness (QED) is 0.728. The van der Waals surface area contributed by atoms with Crippen molar-refractivity contribution in [1.82, 2.24) is 9.47 Å². The Bertz CT molecular complexity index is 724. The molecule has 0 fully saturated rings. The Balaban J connectivity index is 1.93. The molecular weight excluding hydrogens is 276 g/mol. The van der Waals surface area contributed by atoms with E-state index in [9.17, 15) is 4.79 Å². The Hall–Kier alpha value is -1.97. The maximum Gasteiger partial charge on any atom is 0.410 e. The molecule has 3 rings (SSSR count). The number of fused-ring (bicyclic) bond motifs is 3. The zero-order valence-electron chi connectivity index (χ0n) is 14.0. The van der Waals surface area contributed by atoms with Crippen LogP contribution in [0.15, 0.2) is 24.3 Å². The largest absolute Gasteiger partial charge is 0.444 e. The molecule has 0 radical (unpaired) electrons. The second kappa shape index (κ2) is 5.04. The molecule has 2 heterocycles. The topological polar surface area (TPSA) is 34.5 Å². The first-order chi connectivity index (χ1) is 10.2. The molecule has 1 aromatic carbocycles. The lowest BCUT2D eigenvalue weighted by Gasteiger charge is -2.34. The average Bonchev–Trinajstić information content (AvgIpc) is 2.74. The van der Waals surface area contributed by atoms with Gasteiger partial charge >= 0.3 is 6.09 Å². The molecule has 0 spiro atoms. The zero-order chi connectivity index (χ0) is 16.1. The summed E-state index contributed by atoms with van der Waals surface area (Å²) in [5.74, 6) is 0. The first-order valence-electron chi connectivity index (χ1n) is 7.83. The molecule has 1 aromatic heterocycles. The van der Waals surface area contributed by atoms with Gasteiger partial charge in [0.25, 0.3) is 0 Å². The second-order valence-corrected chi connectivity index (χ2v) is 7.28. The lowest BCUT2D eigenvalue weighted by molar-refractivity contribution is 0.0176. The lowest BCUT2D eigenvalue weighted by atomic mass is 10.2. The molecule has 1 aliphatic heterocycles. The third-order valence-corrected chi connectivity index (χ3v) is 4.01. The summed E-state index contributed by atoms with van der Waals surface area (Å²) in [6, 6.07) is 8.93. The number of aryl methyl sites for hydroxylation is 1. The molecule has 1 amide bonds. The highest BCUT2D eigenvalue weighted by atomic mass is 16.6. The first-order valence-corrected chi connectivity index (χ1v) is 7.83. The molecule has 118 valence electrons. The minimum absolute atomic E-state index is 0.230. The van der Waals surface area contributed by atoms with Gasteiger partial charge in [-0.25, -0.2) is 4.79 Å². The molecule has 2 aromatic rings. The van der Waals surface area contributed by atoms with Crippen LogP contribution in [0.2, 0.25) is 0 Å². The highest BCUT2D eigenvalue weighted by Crippen LogP contribution is 2.30. The normalized spacial score (nSPS) is 18.4. The number of ether oxygens (including phenoxy) is 1. The smallest absolute Gasteiger partial charge is 0.410 e. The van der Waals surface area contributed by atoms with E-state index in [4.69, 9.17) is 4.74 Å². The van der Waals surface area contributed by atoms with Crippen molar-refractivity contribution in [3.63, 3.8) is 0 Å². The third kappa shape index (κ3) is 2.70. The van der Waals surface area contributed by atoms with E-state index in [-0.39, 0.29) is 12.1 Å². The third-order valence-electron chi connectivity index (χ3n) is 4.01. The number of nitrogens with zero attached hydrogens (tertiary/aromatic N) is 2. The van der Waals surface area contributed by atoms with Crippen molar-refractivity contribution in [3.8, 4) is 0 Å². The van der Waals surface area contributed by atoms with Crippen LogP contribution in [0.4, 0.5) is 4.79 Å². The van der Waals surface area contributed by atoms with Gasteiger partial charge in [0.05, 0.1) is 6.54 Å². The molecule has 0 unspecified atom stereocenters. The first kappa shape index (κ1) is 14.9. The van der Waals surface area contributed by atoms with Crippen molar-refractivity contribution >= 4 is 17.0 Å². The average molecular weight is 300 g/mol. The lowest BCUT2D eigenvalue weighted by Crippen LogP contribution is -2.42. The van der Waals surface area contributed by atoms with Crippen LogP contribution in [0, 0.1) is 6.92 Å². The summed E-state index contributed by atoms with van der Waals surface area (Å²) in [6.45, 7) is 11.3. The number of amides is 1. The van der Waals surface area contributed by atoms with Crippen molar-refractivity contribution < 1.29 is 9.53 Å². The Morgan fingerprint density at radius 2 is 2.00 bits per heavy atom. The maximum absolute atomic E-state index is 12.3. The summed E-state index contributed by atoms with van der Waals surface area (Å²) in [5.41, 5.74) is 3.23. The van der Waals surface area contributed by atoms with Crippen LogP contribution >= 0.6 is 0 Å². The fourth-order valence-electron chi connectivity index (χ4n) is 3.16. The Morgan fingerprint density at radius 1 is 1.27 bits per heavy atom. The van der Waals surface area contributed by atoms with Crippen LogP contribution in [-0.4, -0.2) is 27.7 Å². The van der Waals surface area contributed by atoms with E-state index < -0.39 is 5.60 Å². The molecule has 1 atom stereocenters. The van der Waals surface area contributed by atoms with E-state index in [0.29, 0.717) is 13.1 Å². The number of carbonyl (C=O) groups is 1. The minimum atomic E-state index is -0.457. The van der Waals surface area contributed by atoms with Crippen LogP contribution in [0.25, 0.3) is 10.9 Å². The zero-order valence-corrected chi connectivity index (χ0v) is 14.0. The number of rotatable bonds is 0. The molecule has 0 aliphatic carbocycles. The molecule has 0 saturated carbocycles. The van der Waals surface area contributed by atoms with Gasteiger partial charge < -0.3 is 14.2 Å². The van der Waals surface area contributed by atoms with Gasteiger partial charge in [-0.2, -0.15) is 0 Å². The summed E-state index contributed by atoms with van der Waals surface area (Å²) in [4.78, 5) is 14.1. The molecule has 22 heavy (non-hydrogen) atoms. The van der Waals surface area contributed by atoms with Crippen molar-refractivity contribution in [1.29, 1.82) is 0 Å². The standard InChI is InChI=1S/C18H24N2O2/c1-12-6-7-14-9-15-11-19(17(21)22-18(3,4)5)10-13(2)20(15)16(14)8-12/h6-9,13H,10-11H2,1-5H3/t13-/m1/s1. The van der Waals surface area contributed by atoms with Crippen molar-refractivity contribution in [2.75, 3.05) is 6.54 Å². The van der Waals surface area contributed by atoms with Gasteiger partial charge in [-0.15, -0.1) is 0 Å². The van der Waals surface area contributed by atoms with E-state index in [1.54, 1.807) is 4.90 Å². The predicted molar refractivity (Wildman–Crippen MR) is 88.0 cm³/mol. The van der Waals surface area contributed by atoms with E-state index in [1.807, 2.05) is 20.8 Å². The number of hydrogen-bond acceptors (Lipinski definition) is 2. The number of hydrogen-bond donors (Lipinski definition) is 0.